The summed E-state index contributed by atoms with van der Waals surface area (Å²) in [7, 11) is 1.63. The van der Waals surface area contributed by atoms with Gasteiger partial charge in [0.2, 0.25) is 5.78 Å². The summed E-state index contributed by atoms with van der Waals surface area (Å²) in [5.41, 5.74) is 1.87. The van der Waals surface area contributed by atoms with E-state index in [9.17, 15) is 9.18 Å². The monoisotopic (exact) mass is 318 g/mol. The van der Waals surface area contributed by atoms with E-state index in [0.717, 1.165) is 12.1 Å². The molecule has 3 aromatic rings. The Bertz CT molecular complexity index is 821. The van der Waals surface area contributed by atoms with Crippen molar-refractivity contribution in [1.82, 2.24) is 9.97 Å². The van der Waals surface area contributed by atoms with Gasteiger partial charge in [0.15, 0.2) is 5.01 Å². The Balaban J connectivity index is 1.96. The maximum Gasteiger partial charge on any atom is 0.223 e. The van der Waals surface area contributed by atoms with Crippen molar-refractivity contribution in [2.24, 2.45) is 0 Å². The summed E-state index contributed by atoms with van der Waals surface area (Å²) in [6, 6.07) is 4.32. The van der Waals surface area contributed by atoms with Crippen LogP contribution in [0.15, 0.2) is 29.8 Å². The first kappa shape index (κ1) is 14.9. The van der Waals surface area contributed by atoms with Crippen LogP contribution in [-0.4, -0.2) is 22.9 Å². The molecule has 3 rings (SSSR count). The number of carbonyl (C=O) groups is 1. The second kappa shape index (κ2) is 5.98. The van der Waals surface area contributed by atoms with Crippen LogP contribution < -0.4 is 0 Å². The fourth-order valence-electron chi connectivity index (χ4n) is 2.44. The van der Waals surface area contributed by atoms with E-state index < -0.39 is 0 Å². The van der Waals surface area contributed by atoms with Gasteiger partial charge in [-0.3, -0.25) is 4.79 Å². The quantitative estimate of drug-likeness (QED) is 0.721. The normalized spacial score (nSPS) is 12.7. The summed E-state index contributed by atoms with van der Waals surface area (Å²) < 4.78 is 18.5. The Kier molecular flexibility index (Phi) is 4.04. The van der Waals surface area contributed by atoms with E-state index in [-0.39, 0.29) is 17.7 Å². The number of ether oxygens (including phenoxy) is 1. The number of hydrogen-bond acceptors (Lipinski definition) is 4. The maximum atomic E-state index is 13.2. The minimum absolute atomic E-state index is 0.102. The average Bonchev–Trinajstić information content (AvgIpc) is 3.14. The third-order valence-electron chi connectivity index (χ3n) is 3.59. The van der Waals surface area contributed by atoms with Gasteiger partial charge in [0.1, 0.15) is 5.82 Å². The molecule has 0 saturated carbocycles. The Morgan fingerprint density at radius 3 is 3.05 bits per heavy atom. The molecule has 0 bridgehead atoms. The Morgan fingerprint density at radius 1 is 1.50 bits per heavy atom. The van der Waals surface area contributed by atoms with Crippen LogP contribution in [0.1, 0.15) is 40.5 Å². The third-order valence-corrected chi connectivity index (χ3v) is 4.45. The number of rotatable bonds is 5. The van der Waals surface area contributed by atoms with Gasteiger partial charge in [-0.05, 0) is 24.6 Å². The number of carbonyl (C=O) groups excluding carboxylic acids is 1. The second-order valence-electron chi connectivity index (χ2n) is 4.93. The highest BCUT2D eigenvalue weighted by Crippen LogP contribution is 2.26. The molecular formula is C16H15FN2O2S. The topological polar surface area (TPSA) is 55.0 Å². The first-order valence-corrected chi connectivity index (χ1v) is 7.81. The lowest BCUT2D eigenvalue weighted by Gasteiger charge is -2.08. The molecule has 2 aromatic heterocycles. The number of ketones is 1. The predicted octanol–water partition coefficient (Wildman–Crippen LogP) is 4.09. The molecule has 4 nitrogen and oxygen atoms in total. The fourth-order valence-corrected chi connectivity index (χ4v) is 3.25. The van der Waals surface area contributed by atoms with Crippen molar-refractivity contribution in [2.45, 2.75) is 19.4 Å². The van der Waals surface area contributed by atoms with Gasteiger partial charge in [0, 0.05) is 29.6 Å². The number of aromatic nitrogens is 2. The van der Waals surface area contributed by atoms with Crippen molar-refractivity contribution in [2.75, 3.05) is 7.11 Å². The molecule has 0 aliphatic heterocycles. The summed E-state index contributed by atoms with van der Waals surface area (Å²) in [5.74, 6) is -0.504. The second-order valence-corrected chi connectivity index (χ2v) is 5.79. The van der Waals surface area contributed by atoms with E-state index in [1.54, 1.807) is 19.4 Å². The fraction of sp³-hybridized carbons (Fsp3) is 0.250. The van der Waals surface area contributed by atoms with Gasteiger partial charge in [-0.2, -0.15) is 0 Å². The van der Waals surface area contributed by atoms with Crippen LogP contribution in [0.3, 0.4) is 0 Å². The molecule has 0 amide bonds. The molecule has 0 aliphatic carbocycles. The lowest BCUT2D eigenvalue weighted by atomic mass is 10.1. The van der Waals surface area contributed by atoms with Crippen LogP contribution in [0, 0.1) is 5.82 Å². The van der Waals surface area contributed by atoms with Gasteiger partial charge in [0.25, 0.3) is 0 Å². The molecule has 22 heavy (non-hydrogen) atoms. The highest BCUT2D eigenvalue weighted by Gasteiger charge is 2.20. The molecule has 1 aromatic carbocycles. The van der Waals surface area contributed by atoms with Gasteiger partial charge < -0.3 is 9.72 Å². The lowest BCUT2D eigenvalue weighted by Crippen LogP contribution is -2.03. The van der Waals surface area contributed by atoms with Gasteiger partial charge >= 0.3 is 0 Å². The first-order valence-electron chi connectivity index (χ1n) is 6.93. The van der Waals surface area contributed by atoms with Crippen molar-refractivity contribution >= 4 is 28.0 Å². The highest BCUT2D eigenvalue weighted by molar-refractivity contribution is 7.12. The van der Waals surface area contributed by atoms with E-state index in [0.29, 0.717) is 21.5 Å². The smallest absolute Gasteiger partial charge is 0.223 e. The number of halogens is 1. The van der Waals surface area contributed by atoms with Gasteiger partial charge in [0.05, 0.1) is 17.4 Å². The minimum atomic E-state index is -0.337. The third kappa shape index (κ3) is 2.55. The van der Waals surface area contributed by atoms with Crippen LogP contribution in [0.5, 0.6) is 0 Å². The Hall–Kier alpha value is -2.05. The Labute approximate surface area is 131 Å². The summed E-state index contributed by atoms with van der Waals surface area (Å²) >= 11 is 1.30. The molecule has 0 saturated heterocycles. The number of fused-ring (bicyclic) bond motifs is 1. The number of nitrogens with zero attached hydrogens (tertiary/aromatic N) is 1. The van der Waals surface area contributed by atoms with Crippen molar-refractivity contribution < 1.29 is 13.9 Å². The van der Waals surface area contributed by atoms with Crippen LogP contribution >= 0.6 is 11.3 Å². The van der Waals surface area contributed by atoms with E-state index in [1.165, 1.54) is 23.5 Å². The molecule has 0 spiro atoms. The summed E-state index contributed by atoms with van der Waals surface area (Å²) in [4.78, 5) is 19.9. The van der Waals surface area contributed by atoms with Crippen LogP contribution in [0.2, 0.25) is 0 Å². The zero-order valence-electron chi connectivity index (χ0n) is 12.2. The van der Waals surface area contributed by atoms with Crippen molar-refractivity contribution in [3.63, 3.8) is 0 Å². The van der Waals surface area contributed by atoms with Crippen molar-refractivity contribution in [3.05, 3.63) is 51.9 Å². The summed E-state index contributed by atoms with van der Waals surface area (Å²) in [6.07, 6.45) is 2.29. The van der Waals surface area contributed by atoms with Crippen molar-refractivity contribution in [1.29, 1.82) is 0 Å². The van der Waals surface area contributed by atoms with Crippen LogP contribution in [-0.2, 0) is 4.74 Å². The Morgan fingerprint density at radius 2 is 2.32 bits per heavy atom. The summed E-state index contributed by atoms with van der Waals surface area (Å²) in [6.45, 7) is 2.00. The number of nitrogens with one attached hydrogen (secondary N) is 1. The highest BCUT2D eigenvalue weighted by atomic mass is 32.1. The largest absolute Gasteiger partial charge is 0.375 e. The van der Waals surface area contributed by atoms with E-state index in [2.05, 4.69) is 9.97 Å². The van der Waals surface area contributed by atoms with E-state index >= 15 is 0 Å². The van der Waals surface area contributed by atoms with E-state index in [1.807, 2.05) is 12.3 Å². The number of methoxy groups -OCH3 is 1. The van der Waals surface area contributed by atoms with Crippen LogP contribution in [0.25, 0.3) is 10.9 Å². The summed E-state index contributed by atoms with van der Waals surface area (Å²) in [5, 5.41) is 2.96. The molecule has 0 fully saturated rings. The molecule has 1 atom stereocenters. The molecule has 114 valence electrons. The molecular weight excluding hydrogens is 303 g/mol. The predicted molar refractivity (Wildman–Crippen MR) is 83.8 cm³/mol. The molecule has 1 N–H and O–H groups in total. The SMILES string of the molecule is CC[C@H](OC)c1csc(C(=O)c2c[nH]c3cc(F)ccc23)n1. The number of thiazole rings is 1. The van der Waals surface area contributed by atoms with Gasteiger partial charge in [-0.1, -0.05) is 6.92 Å². The number of H-pyrrole nitrogens is 1. The van der Waals surface area contributed by atoms with Crippen LogP contribution in [0.4, 0.5) is 4.39 Å². The molecule has 0 aliphatic rings. The molecule has 0 unspecified atom stereocenters. The minimum Gasteiger partial charge on any atom is -0.375 e. The van der Waals surface area contributed by atoms with Gasteiger partial charge in [-0.15, -0.1) is 11.3 Å². The number of hydrogen-bond donors (Lipinski definition) is 1. The van der Waals surface area contributed by atoms with Gasteiger partial charge in [-0.25, -0.2) is 9.37 Å². The lowest BCUT2D eigenvalue weighted by molar-refractivity contribution is 0.0962. The standard InChI is InChI=1S/C16H15FN2O2S/c1-3-14(21-2)13-8-22-16(19-13)15(20)11-7-18-12-6-9(17)4-5-10(11)12/h4-8,14,18H,3H2,1-2H3/t14-/m0/s1. The van der Waals surface area contributed by atoms with E-state index in [4.69, 9.17) is 4.74 Å². The molecule has 2 heterocycles. The number of benzene rings is 1. The molecule has 6 heteroatoms. The van der Waals surface area contributed by atoms with Crippen molar-refractivity contribution in [3.8, 4) is 0 Å². The maximum absolute atomic E-state index is 13.2. The zero-order chi connectivity index (χ0) is 15.7. The first-order chi connectivity index (χ1) is 10.6. The zero-order valence-corrected chi connectivity index (χ0v) is 13.0. The molecule has 0 radical (unpaired) electrons. The number of aromatic amines is 1. The average molecular weight is 318 g/mol.